The number of furan rings is 1. The summed E-state index contributed by atoms with van der Waals surface area (Å²) in [7, 11) is 0. The lowest BCUT2D eigenvalue weighted by Crippen LogP contribution is -1.91. The smallest absolute Gasteiger partial charge is 0.222 e. The molecule has 0 unspecified atom stereocenters. The number of aromatic amines is 1. The Morgan fingerprint density at radius 2 is 1.96 bits per heavy atom. The summed E-state index contributed by atoms with van der Waals surface area (Å²) in [5, 5.41) is 5.30. The maximum Gasteiger partial charge on any atom is 0.222 e. The molecular weight excluding hydrogens is 359 g/mol. The van der Waals surface area contributed by atoms with Crippen LogP contribution >= 0.6 is 23.2 Å². The van der Waals surface area contributed by atoms with Gasteiger partial charge in [0.05, 0.1) is 22.3 Å². The first-order valence-corrected chi connectivity index (χ1v) is 8.24. The molecule has 5 nitrogen and oxygen atoms in total. The highest BCUT2D eigenvalue weighted by Crippen LogP contribution is 2.31. The summed E-state index contributed by atoms with van der Waals surface area (Å²) < 4.78 is 5.74. The van der Waals surface area contributed by atoms with Gasteiger partial charge in [-0.2, -0.15) is 5.10 Å². The molecule has 2 aromatic carbocycles. The highest BCUT2D eigenvalue weighted by molar-refractivity contribution is 6.35. The zero-order valence-electron chi connectivity index (χ0n) is 12.8. The Kier molecular flexibility index (Phi) is 4.17. The average Bonchev–Trinajstić information content (AvgIpc) is 3.23. The van der Waals surface area contributed by atoms with Crippen molar-refractivity contribution in [1.82, 2.24) is 9.97 Å². The lowest BCUT2D eigenvalue weighted by atomic mass is 10.2. The fourth-order valence-electron chi connectivity index (χ4n) is 2.42. The number of fused-ring (bicyclic) bond motifs is 1. The minimum absolute atomic E-state index is 0.558. The molecular formula is C18H12Cl2N4O. The van der Waals surface area contributed by atoms with Crippen LogP contribution in [0.3, 0.4) is 0 Å². The molecule has 0 saturated carbocycles. The fraction of sp³-hybridized carbons (Fsp3) is 0. The number of anilines is 1. The molecule has 2 heterocycles. The van der Waals surface area contributed by atoms with Gasteiger partial charge in [-0.25, -0.2) is 10.4 Å². The summed E-state index contributed by atoms with van der Waals surface area (Å²) >= 11 is 12.2. The Morgan fingerprint density at radius 3 is 2.84 bits per heavy atom. The average molecular weight is 371 g/mol. The molecule has 4 aromatic rings. The summed E-state index contributed by atoms with van der Waals surface area (Å²) in [4.78, 5) is 7.50. The van der Waals surface area contributed by atoms with Crippen LogP contribution < -0.4 is 5.43 Å². The van der Waals surface area contributed by atoms with Gasteiger partial charge in [0.2, 0.25) is 5.95 Å². The fourth-order valence-corrected chi connectivity index (χ4v) is 2.80. The molecule has 25 heavy (non-hydrogen) atoms. The Morgan fingerprint density at radius 1 is 1.08 bits per heavy atom. The highest BCUT2D eigenvalue weighted by atomic mass is 35.5. The van der Waals surface area contributed by atoms with Crippen molar-refractivity contribution in [3.05, 3.63) is 70.4 Å². The van der Waals surface area contributed by atoms with Crippen LogP contribution in [-0.4, -0.2) is 16.2 Å². The number of hydrogen-bond acceptors (Lipinski definition) is 4. The van der Waals surface area contributed by atoms with E-state index in [2.05, 4.69) is 20.5 Å². The second-order valence-corrected chi connectivity index (χ2v) is 6.14. The van der Waals surface area contributed by atoms with Crippen LogP contribution in [-0.2, 0) is 0 Å². The number of nitrogens with one attached hydrogen (secondary N) is 2. The largest absolute Gasteiger partial charge is 0.455 e. The van der Waals surface area contributed by atoms with E-state index in [0.717, 1.165) is 16.6 Å². The van der Waals surface area contributed by atoms with E-state index in [-0.39, 0.29) is 0 Å². The Hall–Kier alpha value is -2.76. The number of rotatable bonds is 4. The number of nitrogens with zero attached hydrogens (tertiary/aromatic N) is 2. The highest BCUT2D eigenvalue weighted by Gasteiger charge is 2.09. The van der Waals surface area contributed by atoms with Crippen molar-refractivity contribution in [2.24, 2.45) is 5.10 Å². The van der Waals surface area contributed by atoms with E-state index in [1.807, 2.05) is 30.3 Å². The van der Waals surface area contributed by atoms with Crippen molar-refractivity contribution in [2.75, 3.05) is 5.43 Å². The summed E-state index contributed by atoms with van der Waals surface area (Å²) in [5.74, 6) is 1.76. The van der Waals surface area contributed by atoms with E-state index < -0.39 is 0 Å². The van der Waals surface area contributed by atoms with Gasteiger partial charge in [-0.05, 0) is 42.5 Å². The number of hydrogen-bond donors (Lipinski definition) is 2. The van der Waals surface area contributed by atoms with E-state index in [9.17, 15) is 0 Å². The predicted octanol–water partition coefficient (Wildman–Crippen LogP) is 5.58. The van der Waals surface area contributed by atoms with Gasteiger partial charge < -0.3 is 9.40 Å². The van der Waals surface area contributed by atoms with Crippen LogP contribution in [0.25, 0.3) is 22.4 Å². The van der Waals surface area contributed by atoms with Crippen LogP contribution in [0.5, 0.6) is 0 Å². The SMILES string of the molecule is Clc1ccc(Cl)c(-c2ccc(/C=N\Nc3nc4ccccc4[nH]3)o2)c1. The minimum Gasteiger partial charge on any atom is -0.455 e. The molecule has 7 heteroatoms. The van der Waals surface area contributed by atoms with Crippen molar-refractivity contribution in [3.8, 4) is 11.3 Å². The van der Waals surface area contributed by atoms with Crippen LogP contribution in [0.2, 0.25) is 10.0 Å². The number of benzene rings is 2. The van der Waals surface area contributed by atoms with Crippen LogP contribution in [0, 0.1) is 0 Å². The molecule has 0 amide bonds. The number of halogens is 2. The van der Waals surface area contributed by atoms with Gasteiger partial charge in [-0.15, -0.1) is 0 Å². The second kappa shape index (κ2) is 6.63. The lowest BCUT2D eigenvalue weighted by molar-refractivity contribution is 0.575. The molecule has 0 bridgehead atoms. The van der Waals surface area contributed by atoms with Crippen molar-refractivity contribution in [3.63, 3.8) is 0 Å². The van der Waals surface area contributed by atoms with Crippen molar-refractivity contribution < 1.29 is 4.42 Å². The number of imidazole rings is 1. The molecule has 0 atom stereocenters. The van der Waals surface area contributed by atoms with E-state index in [4.69, 9.17) is 27.6 Å². The molecule has 0 fully saturated rings. The Bertz CT molecular complexity index is 1030. The molecule has 124 valence electrons. The van der Waals surface area contributed by atoms with E-state index in [1.54, 1.807) is 30.5 Å². The predicted molar refractivity (Wildman–Crippen MR) is 101 cm³/mol. The van der Waals surface area contributed by atoms with Gasteiger partial charge >= 0.3 is 0 Å². The molecule has 0 spiro atoms. The zero-order valence-corrected chi connectivity index (χ0v) is 14.3. The summed E-state index contributed by atoms with van der Waals surface area (Å²) in [6, 6.07) is 16.6. The third-order valence-electron chi connectivity index (χ3n) is 3.57. The monoisotopic (exact) mass is 370 g/mol. The van der Waals surface area contributed by atoms with Crippen LogP contribution in [0.1, 0.15) is 5.76 Å². The third kappa shape index (κ3) is 3.38. The van der Waals surface area contributed by atoms with Crippen molar-refractivity contribution in [1.29, 1.82) is 0 Å². The molecule has 4 rings (SSSR count). The van der Waals surface area contributed by atoms with Crippen molar-refractivity contribution >= 4 is 46.4 Å². The van der Waals surface area contributed by atoms with Crippen LogP contribution in [0.15, 0.2) is 64.1 Å². The number of hydrazone groups is 1. The minimum atomic E-state index is 0.558. The maximum absolute atomic E-state index is 6.19. The number of aromatic nitrogens is 2. The van der Waals surface area contributed by atoms with E-state index >= 15 is 0 Å². The maximum atomic E-state index is 6.19. The summed E-state index contributed by atoms with van der Waals surface area (Å²) in [6.07, 6.45) is 1.56. The molecule has 2 N–H and O–H groups in total. The topological polar surface area (TPSA) is 66.2 Å². The van der Waals surface area contributed by atoms with Gasteiger partial charge in [0.15, 0.2) is 0 Å². The molecule has 0 radical (unpaired) electrons. The number of H-pyrrole nitrogens is 1. The standard InChI is InChI=1S/C18H12Cl2N4O/c19-11-5-7-14(20)13(9-11)17-8-6-12(25-17)10-21-24-18-22-15-3-1-2-4-16(15)23-18/h1-10H,(H2,22,23,24)/b21-10-. The normalized spacial score (nSPS) is 11.4. The molecule has 0 aliphatic heterocycles. The first-order chi connectivity index (χ1) is 12.2. The van der Waals surface area contributed by atoms with Crippen molar-refractivity contribution in [2.45, 2.75) is 0 Å². The molecule has 0 saturated heterocycles. The van der Waals surface area contributed by atoms with E-state index in [0.29, 0.717) is 27.5 Å². The van der Waals surface area contributed by atoms with Gasteiger partial charge in [-0.1, -0.05) is 35.3 Å². The Labute approximate surface area is 153 Å². The summed E-state index contributed by atoms with van der Waals surface area (Å²) in [5.41, 5.74) is 5.40. The lowest BCUT2D eigenvalue weighted by Gasteiger charge is -2.00. The zero-order chi connectivity index (χ0) is 17.2. The van der Waals surface area contributed by atoms with Gasteiger partial charge in [0.1, 0.15) is 11.5 Å². The van der Waals surface area contributed by atoms with Gasteiger partial charge in [-0.3, -0.25) is 0 Å². The summed E-state index contributed by atoms with van der Waals surface area (Å²) in [6.45, 7) is 0. The third-order valence-corrected chi connectivity index (χ3v) is 4.14. The quantitative estimate of drug-likeness (QED) is 0.364. The molecule has 0 aliphatic carbocycles. The van der Waals surface area contributed by atoms with Gasteiger partial charge in [0.25, 0.3) is 0 Å². The van der Waals surface area contributed by atoms with E-state index in [1.165, 1.54) is 0 Å². The first-order valence-electron chi connectivity index (χ1n) is 7.48. The van der Waals surface area contributed by atoms with Crippen LogP contribution in [0.4, 0.5) is 5.95 Å². The second-order valence-electron chi connectivity index (χ2n) is 5.30. The Balaban J connectivity index is 1.50. The van der Waals surface area contributed by atoms with Gasteiger partial charge in [0, 0.05) is 10.6 Å². The number of para-hydroxylation sites is 2. The first kappa shape index (κ1) is 15.7. The molecule has 0 aliphatic rings. The molecule has 2 aromatic heterocycles.